The van der Waals surface area contributed by atoms with Crippen LogP contribution in [0.2, 0.25) is 0 Å². The fourth-order valence-corrected chi connectivity index (χ4v) is 1.63. The van der Waals surface area contributed by atoms with Gasteiger partial charge in [0.15, 0.2) is 6.29 Å². The lowest BCUT2D eigenvalue weighted by Gasteiger charge is -2.12. The number of hydrogen-bond acceptors (Lipinski definition) is 4. The molecule has 1 atom stereocenters. The van der Waals surface area contributed by atoms with Gasteiger partial charge in [-0.1, -0.05) is 6.92 Å². The Kier molecular flexibility index (Phi) is 4.06. The lowest BCUT2D eigenvalue weighted by Crippen LogP contribution is -2.13. The van der Waals surface area contributed by atoms with Crippen LogP contribution in [0.25, 0.3) is 10.9 Å². The van der Waals surface area contributed by atoms with Crippen molar-refractivity contribution in [3.05, 3.63) is 35.8 Å². The fraction of sp³-hybridized carbons (Fsp3) is 0.286. The smallest absolute Gasteiger partial charge is 0.172 e. The molecule has 0 radical (unpaired) electrons. The molecule has 0 amide bonds. The molecule has 0 aliphatic carbocycles. The van der Waals surface area contributed by atoms with Crippen molar-refractivity contribution in [2.24, 2.45) is 5.92 Å². The van der Waals surface area contributed by atoms with E-state index in [9.17, 15) is 9.18 Å². The number of rotatable bonds is 5. The summed E-state index contributed by atoms with van der Waals surface area (Å²) in [6.45, 7) is 2.07. The number of carbonyl (C=O) groups excluding carboxylic acids is 1. The molecule has 19 heavy (non-hydrogen) atoms. The summed E-state index contributed by atoms with van der Waals surface area (Å²) in [4.78, 5) is 15.1. The second-order valence-electron chi connectivity index (χ2n) is 4.43. The van der Waals surface area contributed by atoms with E-state index in [2.05, 4.69) is 4.98 Å². The number of fused-ring (bicyclic) bond motifs is 1. The van der Waals surface area contributed by atoms with Crippen LogP contribution >= 0.6 is 0 Å². The first-order valence-corrected chi connectivity index (χ1v) is 5.93. The van der Waals surface area contributed by atoms with Crippen LogP contribution in [0.1, 0.15) is 17.4 Å². The van der Waals surface area contributed by atoms with Crippen molar-refractivity contribution >= 4 is 17.2 Å². The van der Waals surface area contributed by atoms with E-state index in [0.717, 1.165) is 0 Å². The number of hydrogen-bond donors (Lipinski definition) is 1. The van der Waals surface area contributed by atoms with Gasteiger partial charge in [0.1, 0.15) is 17.3 Å². The number of aldehydes is 1. The van der Waals surface area contributed by atoms with Crippen LogP contribution in [0.4, 0.5) is 4.39 Å². The zero-order valence-corrected chi connectivity index (χ0v) is 10.5. The summed E-state index contributed by atoms with van der Waals surface area (Å²) >= 11 is 0. The lowest BCUT2D eigenvalue weighted by molar-refractivity contribution is 0.111. The predicted molar refractivity (Wildman–Crippen MR) is 68.8 cm³/mol. The normalized spacial score (nSPS) is 12.4. The Morgan fingerprint density at radius 3 is 2.95 bits per heavy atom. The molecule has 1 N–H and O–H groups in total. The van der Waals surface area contributed by atoms with E-state index < -0.39 is 0 Å². The van der Waals surface area contributed by atoms with E-state index in [0.29, 0.717) is 22.9 Å². The maximum Gasteiger partial charge on any atom is 0.172 e. The summed E-state index contributed by atoms with van der Waals surface area (Å²) in [5.41, 5.74) is 0.704. The van der Waals surface area contributed by atoms with E-state index in [1.807, 2.05) is 6.92 Å². The molecule has 1 heterocycles. The van der Waals surface area contributed by atoms with E-state index in [4.69, 9.17) is 9.84 Å². The van der Waals surface area contributed by atoms with Crippen molar-refractivity contribution in [3.8, 4) is 5.75 Å². The van der Waals surface area contributed by atoms with Gasteiger partial charge in [-0.05, 0) is 24.3 Å². The zero-order valence-electron chi connectivity index (χ0n) is 10.5. The number of benzene rings is 1. The SMILES string of the molecule is CC(CO)COc1cc2cc(F)ccc2nc1C=O. The van der Waals surface area contributed by atoms with Crippen molar-refractivity contribution < 1.29 is 19.0 Å². The van der Waals surface area contributed by atoms with Crippen LogP contribution < -0.4 is 4.74 Å². The quantitative estimate of drug-likeness (QED) is 0.840. The number of halogens is 1. The van der Waals surface area contributed by atoms with Gasteiger partial charge in [0.2, 0.25) is 0 Å². The Balaban J connectivity index is 2.37. The van der Waals surface area contributed by atoms with Gasteiger partial charge in [0.05, 0.1) is 12.1 Å². The average molecular weight is 263 g/mol. The molecular formula is C14H14FNO3. The van der Waals surface area contributed by atoms with Crippen LogP contribution in [-0.2, 0) is 0 Å². The van der Waals surface area contributed by atoms with E-state index in [1.165, 1.54) is 18.2 Å². The third kappa shape index (κ3) is 3.06. The molecule has 2 rings (SSSR count). The second-order valence-corrected chi connectivity index (χ2v) is 4.43. The van der Waals surface area contributed by atoms with Gasteiger partial charge in [0.25, 0.3) is 0 Å². The molecule has 0 aliphatic rings. The fourth-order valence-electron chi connectivity index (χ4n) is 1.63. The Bertz CT molecular complexity index is 601. The largest absolute Gasteiger partial charge is 0.491 e. The highest BCUT2D eigenvalue weighted by atomic mass is 19.1. The number of ether oxygens (including phenoxy) is 1. The Hall–Kier alpha value is -2.01. The summed E-state index contributed by atoms with van der Waals surface area (Å²) in [6, 6.07) is 5.72. The highest BCUT2D eigenvalue weighted by Gasteiger charge is 2.10. The monoisotopic (exact) mass is 263 g/mol. The van der Waals surface area contributed by atoms with Crippen LogP contribution in [0.3, 0.4) is 0 Å². The summed E-state index contributed by atoms with van der Waals surface area (Å²) in [7, 11) is 0. The molecular weight excluding hydrogens is 249 g/mol. The van der Waals surface area contributed by atoms with Gasteiger partial charge in [-0.25, -0.2) is 9.37 Å². The van der Waals surface area contributed by atoms with E-state index in [1.54, 1.807) is 6.07 Å². The Morgan fingerprint density at radius 2 is 2.26 bits per heavy atom. The molecule has 0 spiro atoms. The van der Waals surface area contributed by atoms with Gasteiger partial charge in [-0.3, -0.25) is 4.79 Å². The standard InChI is InChI=1S/C14H14FNO3/c1-9(6-17)8-19-14-5-10-4-11(15)2-3-12(10)16-13(14)7-18/h2-5,7,9,17H,6,8H2,1H3. The van der Waals surface area contributed by atoms with Gasteiger partial charge >= 0.3 is 0 Å². The number of nitrogens with zero attached hydrogens (tertiary/aromatic N) is 1. The predicted octanol–water partition coefficient (Wildman–Crippen LogP) is 2.19. The summed E-state index contributed by atoms with van der Waals surface area (Å²) in [6.07, 6.45) is 0.599. The summed E-state index contributed by atoms with van der Waals surface area (Å²) in [5, 5.41) is 9.50. The number of aliphatic hydroxyl groups excluding tert-OH is 1. The van der Waals surface area contributed by atoms with Crippen molar-refractivity contribution in [1.29, 1.82) is 0 Å². The first-order valence-electron chi connectivity index (χ1n) is 5.93. The lowest BCUT2D eigenvalue weighted by atomic mass is 10.2. The Labute approximate surface area is 109 Å². The van der Waals surface area contributed by atoms with Gasteiger partial charge in [0, 0.05) is 17.9 Å². The molecule has 0 saturated heterocycles. The summed E-state index contributed by atoms with van der Waals surface area (Å²) in [5.74, 6) is -0.126. The second kappa shape index (κ2) is 5.75. The molecule has 5 heteroatoms. The highest BCUT2D eigenvalue weighted by Crippen LogP contribution is 2.23. The first kappa shape index (κ1) is 13.4. The number of pyridine rings is 1. The molecule has 0 saturated carbocycles. The van der Waals surface area contributed by atoms with Crippen molar-refractivity contribution in [3.63, 3.8) is 0 Å². The average Bonchev–Trinajstić information content (AvgIpc) is 2.43. The maximum atomic E-state index is 13.1. The van der Waals surface area contributed by atoms with Crippen molar-refractivity contribution in [2.75, 3.05) is 13.2 Å². The Morgan fingerprint density at radius 1 is 1.47 bits per heavy atom. The van der Waals surface area contributed by atoms with Gasteiger partial charge in [-0.2, -0.15) is 0 Å². The summed E-state index contributed by atoms with van der Waals surface area (Å²) < 4.78 is 18.6. The topological polar surface area (TPSA) is 59.4 Å². The van der Waals surface area contributed by atoms with Gasteiger partial charge in [-0.15, -0.1) is 0 Å². The molecule has 2 aromatic rings. The molecule has 0 fully saturated rings. The van der Waals surface area contributed by atoms with Crippen molar-refractivity contribution in [2.45, 2.75) is 6.92 Å². The number of aliphatic hydroxyl groups is 1. The number of carbonyl (C=O) groups is 1. The van der Waals surface area contributed by atoms with Crippen LogP contribution in [0.5, 0.6) is 5.75 Å². The van der Waals surface area contributed by atoms with Crippen molar-refractivity contribution in [1.82, 2.24) is 4.98 Å². The highest BCUT2D eigenvalue weighted by molar-refractivity contribution is 5.86. The van der Waals surface area contributed by atoms with Crippen LogP contribution in [0.15, 0.2) is 24.3 Å². The molecule has 0 bridgehead atoms. The van der Waals surface area contributed by atoms with E-state index in [-0.39, 0.29) is 30.6 Å². The minimum atomic E-state index is -0.372. The number of aromatic nitrogens is 1. The molecule has 4 nitrogen and oxygen atoms in total. The molecule has 100 valence electrons. The first-order chi connectivity index (χ1) is 9.13. The third-order valence-electron chi connectivity index (χ3n) is 2.72. The molecule has 0 aliphatic heterocycles. The van der Waals surface area contributed by atoms with E-state index >= 15 is 0 Å². The third-order valence-corrected chi connectivity index (χ3v) is 2.72. The minimum absolute atomic E-state index is 0.00788. The molecule has 1 unspecified atom stereocenters. The molecule has 1 aromatic carbocycles. The van der Waals surface area contributed by atoms with Crippen LogP contribution in [-0.4, -0.2) is 29.6 Å². The van der Waals surface area contributed by atoms with Crippen LogP contribution in [0, 0.1) is 11.7 Å². The maximum absolute atomic E-state index is 13.1. The minimum Gasteiger partial charge on any atom is -0.491 e. The van der Waals surface area contributed by atoms with Gasteiger partial charge < -0.3 is 9.84 Å². The zero-order chi connectivity index (χ0) is 13.8. The molecule has 1 aromatic heterocycles.